The van der Waals surface area contributed by atoms with E-state index in [4.69, 9.17) is 10.5 Å². The van der Waals surface area contributed by atoms with E-state index in [-0.39, 0.29) is 30.7 Å². The van der Waals surface area contributed by atoms with Gasteiger partial charge >= 0.3 is 0 Å². The summed E-state index contributed by atoms with van der Waals surface area (Å²) in [6, 6.07) is 7.53. The normalized spacial score (nSPS) is 15.9. The highest BCUT2D eigenvalue weighted by atomic mass is 35.5. The van der Waals surface area contributed by atoms with Crippen LogP contribution in [0.15, 0.2) is 30.5 Å². The zero-order valence-corrected chi connectivity index (χ0v) is 15.9. The SMILES string of the molecule is C[C@@H](N)C(=O)Nc1ccc2c(ccn2CCN2CCOCC2)c1.Cl.Cl. The maximum Gasteiger partial charge on any atom is 0.240 e. The number of hydrogen-bond acceptors (Lipinski definition) is 4. The van der Waals surface area contributed by atoms with Crippen LogP contribution in [-0.4, -0.2) is 54.3 Å². The molecule has 1 aliphatic heterocycles. The Morgan fingerprint density at radius 2 is 1.96 bits per heavy atom. The highest BCUT2D eigenvalue weighted by molar-refractivity contribution is 5.96. The molecule has 140 valence electrons. The number of halogens is 2. The molecular weight excluding hydrogens is 363 g/mol. The number of nitrogens with zero attached hydrogens (tertiary/aromatic N) is 2. The lowest BCUT2D eigenvalue weighted by Crippen LogP contribution is -2.38. The van der Waals surface area contributed by atoms with Crippen molar-refractivity contribution in [2.45, 2.75) is 19.5 Å². The summed E-state index contributed by atoms with van der Waals surface area (Å²) in [5.41, 5.74) is 7.54. The van der Waals surface area contributed by atoms with Gasteiger partial charge < -0.3 is 20.4 Å². The molecule has 0 aliphatic carbocycles. The van der Waals surface area contributed by atoms with Crippen molar-refractivity contribution in [3.63, 3.8) is 0 Å². The zero-order chi connectivity index (χ0) is 16.2. The second-order valence-corrected chi connectivity index (χ2v) is 6.01. The summed E-state index contributed by atoms with van der Waals surface area (Å²) >= 11 is 0. The molecule has 2 heterocycles. The van der Waals surface area contributed by atoms with Crippen LogP contribution in [0.3, 0.4) is 0 Å². The van der Waals surface area contributed by atoms with Crippen molar-refractivity contribution in [3.8, 4) is 0 Å². The van der Waals surface area contributed by atoms with Crippen LogP contribution < -0.4 is 11.1 Å². The number of hydrogen-bond donors (Lipinski definition) is 2. The van der Waals surface area contributed by atoms with E-state index in [1.165, 1.54) is 5.52 Å². The van der Waals surface area contributed by atoms with Crippen molar-refractivity contribution >= 4 is 47.3 Å². The maximum absolute atomic E-state index is 11.7. The van der Waals surface area contributed by atoms with E-state index in [0.29, 0.717) is 0 Å². The Bertz CT molecular complexity index is 684. The first-order chi connectivity index (χ1) is 11.1. The molecule has 3 rings (SSSR count). The van der Waals surface area contributed by atoms with Gasteiger partial charge in [-0.1, -0.05) is 0 Å². The number of fused-ring (bicyclic) bond motifs is 1. The minimum Gasteiger partial charge on any atom is -0.379 e. The molecule has 1 aromatic heterocycles. The van der Waals surface area contributed by atoms with E-state index in [1.807, 2.05) is 18.2 Å². The molecule has 25 heavy (non-hydrogen) atoms. The summed E-state index contributed by atoms with van der Waals surface area (Å²) in [7, 11) is 0. The van der Waals surface area contributed by atoms with Gasteiger partial charge in [0.1, 0.15) is 0 Å². The van der Waals surface area contributed by atoms with Crippen molar-refractivity contribution in [1.82, 2.24) is 9.47 Å². The number of carbonyl (C=O) groups excluding carboxylic acids is 1. The quantitative estimate of drug-likeness (QED) is 0.822. The lowest BCUT2D eigenvalue weighted by molar-refractivity contribution is -0.117. The zero-order valence-electron chi connectivity index (χ0n) is 14.3. The molecule has 1 atom stereocenters. The summed E-state index contributed by atoms with van der Waals surface area (Å²) < 4.78 is 7.63. The Kier molecular flexibility index (Phi) is 8.68. The average Bonchev–Trinajstić information content (AvgIpc) is 2.96. The third-order valence-corrected chi connectivity index (χ3v) is 4.21. The number of aromatic nitrogens is 1. The minimum absolute atomic E-state index is 0. The van der Waals surface area contributed by atoms with Crippen LogP contribution in [0.2, 0.25) is 0 Å². The predicted octanol–water partition coefficient (Wildman–Crippen LogP) is 2.10. The number of nitrogens with two attached hydrogens (primary N) is 1. The summed E-state index contributed by atoms with van der Waals surface area (Å²) in [6.07, 6.45) is 2.10. The van der Waals surface area contributed by atoms with Crippen LogP contribution in [0.4, 0.5) is 5.69 Å². The van der Waals surface area contributed by atoms with E-state index in [0.717, 1.165) is 50.5 Å². The topological polar surface area (TPSA) is 72.5 Å². The minimum atomic E-state index is -0.510. The van der Waals surface area contributed by atoms with Crippen LogP contribution in [0, 0.1) is 0 Å². The van der Waals surface area contributed by atoms with Gasteiger partial charge in [-0.3, -0.25) is 9.69 Å². The van der Waals surface area contributed by atoms with Crippen molar-refractivity contribution in [1.29, 1.82) is 0 Å². The van der Waals surface area contributed by atoms with Crippen molar-refractivity contribution < 1.29 is 9.53 Å². The summed E-state index contributed by atoms with van der Waals surface area (Å²) in [6.45, 7) is 7.32. The number of ether oxygens (including phenoxy) is 1. The maximum atomic E-state index is 11.7. The molecule has 0 saturated carbocycles. The molecule has 1 saturated heterocycles. The van der Waals surface area contributed by atoms with Crippen molar-refractivity contribution in [3.05, 3.63) is 30.5 Å². The van der Waals surface area contributed by atoms with Gasteiger partial charge in [-0.15, -0.1) is 24.8 Å². The van der Waals surface area contributed by atoms with E-state index in [1.54, 1.807) is 6.92 Å². The Hall–Kier alpha value is -1.31. The molecule has 6 nitrogen and oxygen atoms in total. The summed E-state index contributed by atoms with van der Waals surface area (Å²) in [5, 5.41) is 3.95. The molecule has 8 heteroatoms. The smallest absolute Gasteiger partial charge is 0.240 e. The largest absolute Gasteiger partial charge is 0.379 e. The number of benzene rings is 1. The van der Waals surface area contributed by atoms with E-state index >= 15 is 0 Å². The van der Waals surface area contributed by atoms with Gasteiger partial charge in [0.15, 0.2) is 0 Å². The van der Waals surface area contributed by atoms with Gasteiger partial charge in [0.25, 0.3) is 0 Å². The molecular formula is C17H26Cl2N4O2. The second kappa shape index (κ2) is 9.99. The van der Waals surface area contributed by atoms with Crippen molar-refractivity contribution in [2.75, 3.05) is 38.2 Å². The molecule has 0 unspecified atom stereocenters. The Morgan fingerprint density at radius 1 is 1.24 bits per heavy atom. The molecule has 2 aromatic rings. The van der Waals surface area contributed by atoms with Crippen LogP contribution in [0.25, 0.3) is 10.9 Å². The highest BCUT2D eigenvalue weighted by Gasteiger charge is 2.11. The van der Waals surface area contributed by atoms with Gasteiger partial charge in [0.05, 0.1) is 19.3 Å². The van der Waals surface area contributed by atoms with Gasteiger partial charge in [-0.2, -0.15) is 0 Å². The van der Waals surface area contributed by atoms with Crippen LogP contribution >= 0.6 is 24.8 Å². The molecule has 1 fully saturated rings. The highest BCUT2D eigenvalue weighted by Crippen LogP contribution is 2.21. The van der Waals surface area contributed by atoms with Gasteiger partial charge in [-0.25, -0.2) is 0 Å². The second-order valence-electron chi connectivity index (χ2n) is 6.01. The van der Waals surface area contributed by atoms with Gasteiger partial charge in [0, 0.05) is 49.0 Å². The Labute approximate surface area is 160 Å². The number of morpholine rings is 1. The number of carbonyl (C=O) groups is 1. The summed E-state index contributed by atoms with van der Waals surface area (Å²) in [4.78, 5) is 14.1. The molecule has 1 aliphatic rings. The van der Waals surface area contributed by atoms with E-state index < -0.39 is 6.04 Å². The molecule has 0 bridgehead atoms. The van der Waals surface area contributed by atoms with Gasteiger partial charge in [0.2, 0.25) is 5.91 Å². The number of nitrogens with one attached hydrogen (secondary N) is 1. The number of rotatable bonds is 5. The third kappa shape index (κ3) is 5.59. The van der Waals surface area contributed by atoms with Crippen molar-refractivity contribution in [2.24, 2.45) is 5.73 Å². The van der Waals surface area contributed by atoms with Gasteiger partial charge in [-0.05, 0) is 31.2 Å². The first-order valence-electron chi connectivity index (χ1n) is 8.09. The lowest BCUT2D eigenvalue weighted by atomic mass is 10.2. The monoisotopic (exact) mass is 388 g/mol. The lowest BCUT2D eigenvalue weighted by Gasteiger charge is -2.26. The van der Waals surface area contributed by atoms with E-state index in [2.05, 4.69) is 27.0 Å². The molecule has 0 spiro atoms. The fourth-order valence-electron chi connectivity index (χ4n) is 2.80. The molecule has 1 amide bonds. The first kappa shape index (κ1) is 21.7. The Balaban J connectivity index is 0.00000156. The standard InChI is InChI=1S/C17H24N4O2.2ClH/c1-13(18)17(22)19-15-2-3-16-14(12-15)4-5-21(16)7-6-20-8-10-23-11-9-20;;/h2-5,12-13H,6-11,18H2,1H3,(H,19,22);2*1H/t13-;;/m1../s1. The van der Waals surface area contributed by atoms with Crippen LogP contribution in [-0.2, 0) is 16.1 Å². The predicted molar refractivity (Wildman–Crippen MR) is 106 cm³/mol. The summed E-state index contributed by atoms with van der Waals surface area (Å²) in [5.74, 6) is -0.170. The van der Waals surface area contributed by atoms with Crippen LogP contribution in [0.5, 0.6) is 0 Å². The molecule has 3 N–H and O–H groups in total. The number of amides is 1. The Morgan fingerprint density at radius 3 is 2.64 bits per heavy atom. The molecule has 0 radical (unpaired) electrons. The third-order valence-electron chi connectivity index (χ3n) is 4.21. The molecule has 1 aromatic carbocycles. The fourth-order valence-corrected chi connectivity index (χ4v) is 2.80. The average molecular weight is 389 g/mol. The number of anilines is 1. The first-order valence-corrected chi connectivity index (χ1v) is 8.09. The van der Waals surface area contributed by atoms with E-state index in [9.17, 15) is 4.79 Å². The van der Waals surface area contributed by atoms with Crippen LogP contribution in [0.1, 0.15) is 6.92 Å². The fraction of sp³-hybridized carbons (Fsp3) is 0.471.